The van der Waals surface area contributed by atoms with Crippen molar-refractivity contribution in [3.05, 3.63) is 60.2 Å². The van der Waals surface area contributed by atoms with Crippen molar-refractivity contribution in [2.24, 2.45) is 0 Å². The summed E-state index contributed by atoms with van der Waals surface area (Å²) in [5.41, 5.74) is 6.98. The Balaban J connectivity index is 1.94. The number of nitriles is 1. The van der Waals surface area contributed by atoms with Crippen molar-refractivity contribution in [1.82, 2.24) is 9.78 Å². The molecule has 132 valence electrons. The molecule has 0 radical (unpaired) electrons. The highest BCUT2D eigenvalue weighted by molar-refractivity contribution is 5.73. The molecule has 0 aliphatic carbocycles. The zero-order valence-corrected chi connectivity index (χ0v) is 14.9. The molecule has 2 N–H and O–H groups in total. The molecule has 1 heterocycles. The number of para-hydroxylation sites is 1. The smallest absolute Gasteiger partial charge is 0.157 e. The molecule has 0 spiro atoms. The minimum absolute atomic E-state index is 0.277. The molecular weight excluding hydrogens is 328 g/mol. The highest BCUT2D eigenvalue weighted by Gasteiger charge is 2.27. The molecule has 6 heteroatoms. The van der Waals surface area contributed by atoms with Gasteiger partial charge in [0.25, 0.3) is 0 Å². The van der Waals surface area contributed by atoms with Crippen LogP contribution in [0.15, 0.2) is 54.6 Å². The van der Waals surface area contributed by atoms with E-state index in [4.69, 9.17) is 15.2 Å². The summed E-state index contributed by atoms with van der Waals surface area (Å²) in [6, 6.07) is 19.0. The molecule has 6 nitrogen and oxygen atoms in total. The first-order valence-corrected chi connectivity index (χ1v) is 8.14. The predicted molar refractivity (Wildman–Crippen MR) is 99.6 cm³/mol. The molecular formula is C20H20N4O2. The summed E-state index contributed by atoms with van der Waals surface area (Å²) in [6.07, 6.45) is 0. The average Bonchev–Trinajstić information content (AvgIpc) is 3.00. The van der Waals surface area contributed by atoms with Gasteiger partial charge >= 0.3 is 0 Å². The number of anilines is 1. The second-order valence-electron chi connectivity index (χ2n) is 6.22. The molecule has 1 aromatic heterocycles. The molecule has 0 saturated carbocycles. The number of aromatic nitrogens is 2. The van der Waals surface area contributed by atoms with Crippen LogP contribution in [0.25, 0.3) is 11.3 Å². The van der Waals surface area contributed by atoms with Gasteiger partial charge in [0.15, 0.2) is 5.72 Å². The zero-order valence-electron chi connectivity index (χ0n) is 14.9. The molecule has 0 aliphatic heterocycles. The first-order chi connectivity index (χ1) is 12.5. The van der Waals surface area contributed by atoms with Crippen LogP contribution < -0.4 is 10.5 Å². The van der Waals surface area contributed by atoms with E-state index in [1.54, 1.807) is 7.11 Å². The molecule has 0 atom stereocenters. The molecule has 0 amide bonds. The van der Waals surface area contributed by atoms with Crippen molar-refractivity contribution in [2.75, 3.05) is 12.8 Å². The normalized spacial score (nSPS) is 11.2. The van der Waals surface area contributed by atoms with E-state index in [-0.39, 0.29) is 5.82 Å². The number of nitrogens with two attached hydrogens (primary N) is 1. The minimum atomic E-state index is -0.760. The van der Waals surface area contributed by atoms with Gasteiger partial charge in [-0.2, -0.15) is 10.4 Å². The van der Waals surface area contributed by atoms with Crippen molar-refractivity contribution in [3.8, 4) is 28.8 Å². The quantitative estimate of drug-likeness (QED) is 0.749. The van der Waals surface area contributed by atoms with E-state index in [1.807, 2.05) is 68.4 Å². The van der Waals surface area contributed by atoms with Crippen LogP contribution in [0.5, 0.6) is 11.5 Å². The van der Waals surface area contributed by atoms with Crippen LogP contribution in [0.1, 0.15) is 19.4 Å². The van der Waals surface area contributed by atoms with E-state index in [0.717, 1.165) is 11.3 Å². The van der Waals surface area contributed by atoms with Crippen LogP contribution in [-0.2, 0) is 10.5 Å². The van der Waals surface area contributed by atoms with Crippen LogP contribution in [0.3, 0.4) is 0 Å². The number of benzene rings is 2. The third kappa shape index (κ3) is 3.25. The summed E-state index contributed by atoms with van der Waals surface area (Å²) in [4.78, 5) is 0. The topological polar surface area (TPSA) is 86.1 Å². The molecule has 0 aliphatic rings. The van der Waals surface area contributed by atoms with Gasteiger partial charge in [-0.15, -0.1) is 0 Å². The lowest BCUT2D eigenvalue weighted by Crippen LogP contribution is -2.30. The zero-order chi connectivity index (χ0) is 18.7. The standard InChI is InChI=1S/C20H20N4O2/c1-20(2,25-3)24-19(22)17(13-21)18(23-24)14-9-11-16(12-10-14)26-15-7-5-4-6-8-15/h4-12H,22H2,1-3H3. The lowest BCUT2D eigenvalue weighted by Gasteiger charge is -2.24. The molecule has 0 unspecified atom stereocenters. The molecule has 3 rings (SSSR count). The van der Waals surface area contributed by atoms with Crippen molar-refractivity contribution in [3.63, 3.8) is 0 Å². The van der Waals surface area contributed by atoms with Gasteiger partial charge in [0.1, 0.15) is 34.6 Å². The van der Waals surface area contributed by atoms with Gasteiger partial charge in [-0.3, -0.25) is 0 Å². The number of nitrogens with zero attached hydrogens (tertiary/aromatic N) is 3. The van der Waals surface area contributed by atoms with Crippen LogP contribution in [0.2, 0.25) is 0 Å². The third-order valence-corrected chi connectivity index (χ3v) is 4.15. The van der Waals surface area contributed by atoms with Crippen molar-refractivity contribution in [2.45, 2.75) is 19.6 Å². The second-order valence-corrected chi connectivity index (χ2v) is 6.22. The molecule has 0 saturated heterocycles. The molecule has 2 aromatic carbocycles. The maximum atomic E-state index is 9.51. The van der Waals surface area contributed by atoms with Crippen molar-refractivity contribution in [1.29, 1.82) is 5.26 Å². The predicted octanol–water partition coefficient (Wildman–Crippen LogP) is 4.14. The Morgan fingerprint density at radius 1 is 1.04 bits per heavy atom. The van der Waals surface area contributed by atoms with E-state index in [0.29, 0.717) is 17.0 Å². The Morgan fingerprint density at radius 3 is 2.23 bits per heavy atom. The Kier molecular flexibility index (Phi) is 4.65. The Hall–Kier alpha value is -3.30. The van der Waals surface area contributed by atoms with Crippen LogP contribution in [0, 0.1) is 11.3 Å². The lowest BCUT2D eigenvalue weighted by molar-refractivity contribution is -0.0528. The maximum Gasteiger partial charge on any atom is 0.157 e. The Morgan fingerprint density at radius 2 is 1.65 bits per heavy atom. The van der Waals surface area contributed by atoms with Crippen molar-refractivity contribution >= 4 is 5.82 Å². The van der Waals surface area contributed by atoms with Gasteiger partial charge in [-0.1, -0.05) is 18.2 Å². The van der Waals surface area contributed by atoms with Gasteiger partial charge in [-0.05, 0) is 50.2 Å². The highest BCUT2D eigenvalue weighted by atomic mass is 16.5. The number of ether oxygens (including phenoxy) is 2. The monoisotopic (exact) mass is 348 g/mol. The van der Waals surface area contributed by atoms with Crippen LogP contribution in [0.4, 0.5) is 5.82 Å². The van der Waals surface area contributed by atoms with Gasteiger partial charge in [0, 0.05) is 12.7 Å². The number of hydrogen-bond acceptors (Lipinski definition) is 5. The Labute approximate surface area is 152 Å². The summed E-state index contributed by atoms with van der Waals surface area (Å²) >= 11 is 0. The largest absolute Gasteiger partial charge is 0.457 e. The molecule has 0 bridgehead atoms. The van der Waals surface area contributed by atoms with Gasteiger partial charge < -0.3 is 15.2 Å². The average molecular weight is 348 g/mol. The third-order valence-electron chi connectivity index (χ3n) is 4.15. The minimum Gasteiger partial charge on any atom is -0.457 e. The second kappa shape index (κ2) is 6.90. The van der Waals surface area contributed by atoms with Crippen LogP contribution in [-0.4, -0.2) is 16.9 Å². The van der Waals surface area contributed by atoms with Gasteiger partial charge in [0.05, 0.1) is 0 Å². The molecule has 3 aromatic rings. The number of rotatable bonds is 5. The summed E-state index contributed by atoms with van der Waals surface area (Å²) < 4.78 is 12.7. The highest BCUT2D eigenvalue weighted by Crippen LogP contribution is 2.32. The van der Waals surface area contributed by atoms with E-state index in [2.05, 4.69) is 11.2 Å². The lowest BCUT2D eigenvalue weighted by atomic mass is 10.1. The SMILES string of the molecule is COC(C)(C)n1nc(-c2ccc(Oc3ccccc3)cc2)c(C#N)c1N. The fraction of sp³-hybridized carbons (Fsp3) is 0.200. The molecule has 26 heavy (non-hydrogen) atoms. The summed E-state index contributed by atoms with van der Waals surface area (Å²) in [6.45, 7) is 3.66. The fourth-order valence-electron chi connectivity index (χ4n) is 2.55. The summed E-state index contributed by atoms with van der Waals surface area (Å²) in [5.74, 6) is 1.73. The summed E-state index contributed by atoms with van der Waals surface area (Å²) in [7, 11) is 1.57. The van der Waals surface area contributed by atoms with Crippen LogP contribution >= 0.6 is 0 Å². The first-order valence-electron chi connectivity index (χ1n) is 8.14. The van der Waals surface area contributed by atoms with E-state index in [9.17, 15) is 5.26 Å². The fourth-order valence-corrected chi connectivity index (χ4v) is 2.55. The summed E-state index contributed by atoms with van der Waals surface area (Å²) in [5, 5.41) is 14.0. The van der Waals surface area contributed by atoms with Gasteiger partial charge in [-0.25, -0.2) is 4.68 Å². The van der Waals surface area contributed by atoms with Crippen molar-refractivity contribution < 1.29 is 9.47 Å². The number of methoxy groups -OCH3 is 1. The number of nitrogen functional groups attached to an aromatic ring is 1. The number of hydrogen-bond donors (Lipinski definition) is 1. The van der Waals surface area contributed by atoms with Gasteiger partial charge in [0.2, 0.25) is 0 Å². The first kappa shape index (κ1) is 17.5. The maximum absolute atomic E-state index is 9.51. The molecule has 0 fully saturated rings. The van der Waals surface area contributed by atoms with E-state index in [1.165, 1.54) is 4.68 Å². The van der Waals surface area contributed by atoms with E-state index >= 15 is 0 Å². The Bertz CT molecular complexity index is 938. The van der Waals surface area contributed by atoms with E-state index < -0.39 is 5.72 Å².